The second-order valence-corrected chi connectivity index (χ2v) is 4.44. The Balaban J connectivity index is 2.31. The van der Waals surface area contributed by atoms with Gasteiger partial charge in [-0.1, -0.05) is 0 Å². The van der Waals surface area contributed by atoms with Gasteiger partial charge in [0.1, 0.15) is 0 Å². The number of anilines is 1. The highest BCUT2D eigenvalue weighted by Crippen LogP contribution is 2.32. The highest BCUT2D eigenvalue weighted by Gasteiger charge is 2.32. The molecule has 1 saturated heterocycles. The van der Waals surface area contributed by atoms with Gasteiger partial charge in [-0.3, -0.25) is 10.1 Å². The molecule has 1 aliphatic heterocycles. The summed E-state index contributed by atoms with van der Waals surface area (Å²) in [6, 6.07) is 3.32. The van der Waals surface area contributed by atoms with E-state index in [0.29, 0.717) is 18.3 Å². The zero-order chi connectivity index (χ0) is 12.4. The second kappa shape index (κ2) is 4.67. The lowest BCUT2D eigenvalue weighted by atomic mass is 10.1. The first-order chi connectivity index (χ1) is 8.13. The average molecular weight is 236 g/mol. The monoisotopic (exact) mass is 236 g/mol. The molecule has 0 radical (unpaired) electrons. The quantitative estimate of drug-likeness (QED) is 0.628. The molecule has 2 atom stereocenters. The molecule has 0 amide bonds. The summed E-state index contributed by atoms with van der Waals surface area (Å²) in [7, 11) is 0. The van der Waals surface area contributed by atoms with Crippen LogP contribution in [0.15, 0.2) is 18.3 Å². The molecule has 2 rings (SSSR count). The van der Waals surface area contributed by atoms with E-state index in [9.17, 15) is 10.1 Å². The lowest BCUT2D eigenvalue weighted by Crippen LogP contribution is -2.29. The highest BCUT2D eigenvalue weighted by molar-refractivity contribution is 5.58. The first-order valence-electron chi connectivity index (χ1n) is 5.69. The standard InChI is InChI=1S/C11H16N4O2/c1-8-5-9(6-12)7-14(8)11-10(15(16)17)3-2-4-13-11/h2-4,8-9H,5-7,12H2,1H3. The van der Waals surface area contributed by atoms with Crippen LogP contribution in [-0.4, -0.2) is 29.0 Å². The second-order valence-electron chi connectivity index (χ2n) is 4.44. The minimum Gasteiger partial charge on any atom is -0.348 e. The molecule has 1 fully saturated rings. The van der Waals surface area contributed by atoms with E-state index in [1.807, 2.05) is 11.8 Å². The highest BCUT2D eigenvalue weighted by atomic mass is 16.6. The van der Waals surface area contributed by atoms with Crippen LogP contribution in [0.4, 0.5) is 11.5 Å². The maximum absolute atomic E-state index is 11.0. The normalized spacial score (nSPS) is 24.0. The molecule has 92 valence electrons. The van der Waals surface area contributed by atoms with Crippen molar-refractivity contribution in [3.63, 3.8) is 0 Å². The SMILES string of the molecule is CC1CC(CN)CN1c1ncccc1[N+](=O)[O-]. The first kappa shape index (κ1) is 11.8. The fourth-order valence-corrected chi connectivity index (χ4v) is 2.36. The largest absolute Gasteiger partial charge is 0.348 e. The van der Waals surface area contributed by atoms with E-state index in [1.54, 1.807) is 12.3 Å². The van der Waals surface area contributed by atoms with E-state index in [4.69, 9.17) is 5.73 Å². The predicted octanol–water partition coefficient (Wildman–Crippen LogP) is 1.16. The molecule has 2 heterocycles. The van der Waals surface area contributed by atoms with E-state index < -0.39 is 0 Å². The predicted molar refractivity (Wildman–Crippen MR) is 64.9 cm³/mol. The van der Waals surface area contributed by atoms with Crippen LogP contribution in [0, 0.1) is 16.0 Å². The lowest BCUT2D eigenvalue weighted by Gasteiger charge is -2.21. The van der Waals surface area contributed by atoms with Gasteiger partial charge in [0, 0.05) is 24.8 Å². The number of hydrogen-bond donors (Lipinski definition) is 1. The van der Waals surface area contributed by atoms with Gasteiger partial charge < -0.3 is 10.6 Å². The van der Waals surface area contributed by atoms with Gasteiger partial charge in [-0.05, 0) is 31.9 Å². The summed E-state index contributed by atoms with van der Waals surface area (Å²) in [5, 5.41) is 11.0. The molecule has 17 heavy (non-hydrogen) atoms. The van der Waals surface area contributed by atoms with Crippen molar-refractivity contribution in [2.45, 2.75) is 19.4 Å². The van der Waals surface area contributed by atoms with Gasteiger partial charge in [-0.25, -0.2) is 4.98 Å². The summed E-state index contributed by atoms with van der Waals surface area (Å²) in [4.78, 5) is 16.7. The van der Waals surface area contributed by atoms with E-state index >= 15 is 0 Å². The molecular weight excluding hydrogens is 220 g/mol. The van der Waals surface area contributed by atoms with Gasteiger partial charge in [0.2, 0.25) is 5.82 Å². The molecule has 0 spiro atoms. The van der Waals surface area contributed by atoms with Gasteiger partial charge in [-0.2, -0.15) is 0 Å². The summed E-state index contributed by atoms with van der Waals surface area (Å²) < 4.78 is 0. The third-order valence-corrected chi connectivity index (χ3v) is 3.23. The summed E-state index contributed by atoms with van der Waals surface area (Å²) >= 11 is 0. The first-order valence-corrected chi connectivity index (χ1v) is 5.69. The van der Waals surface area contributed by atoms with E-state index in [2.05, 4.69) is 4.98 Å². The lowest BCUT2D eigenvalue weighted by molar-refractivity contribution is -0.384. The Kier molecular flexibility index (Phi) is 3.23. The smallest absolute Gasteiger partial charge is 0.311 e. The summed E-state index contributed by atoms with van der Waals surface area (Å²) in [5.41, 5.74) is 5.72. The molecule has 0 saturated carbocycles. The number of pyridine rings is 1. The van der Waals surface area contributed by atoms with E-state index in [1.165, 1.54) is 6.07 Å². The Hall–Kier alpha value is -1.69. The minimum absolute atomic E-state index is 0.0667. The Labute approximate surface area is 99.6 Å². The Morgan fingerprint density at radius 3 is 3.06 bits per heavy atom. The Morgan fingerprint density at radius 1 is 1.71 bits per heavy atom. The van der Waals surface area contributed by atoms with E-state index in [-0.39, 0.29) is 16.7 Å². The van der Waals surface area contributed by atoms with Crippen molar-refractivity contribution in [1.82, 2.24) is 4.98 Å². The topological polar surface area (TPSA) is 85.3 Å². The number of aromatic nitrogens is 1. The molecule has 2 unspecified atom stereocenters. The van der Waals surface area contributed by atoms with Crippen molar-refractivity contribution in [1.29, 1.82) is 0 Å². The maximum Gasteiger partial charge on any atom is 0.311 e. The summed E-state index contributed by atoms with van der Waals surface area (Å²) in [6.45, 7) is 3.41. The van der Waals surface area contributed by atoms with Gasteiger partial charge >= 0.3 is 5.69 Å². The van der Waals surface area contributed by atoms with Crippen molar-refractivity contribution in [3.05, 3.63) is 28.4 Å². The fourth-order valence-electron chi connectivity index (χ4n) is 2.36. The van der Waals surface area contributed by atoms with Crippen LogP contribution < -0.4 is 10.6 Å². The molecule has 0 aromatic carbocycles. The Morgan fingerprint density at radius 2 is 2.47 bits per heavy atom. The molecule has 6 nitrogen and oxygen atoms in total. The van der Waals surface area contributed by atoms with Gasteiger partial charge in [-0.15, -0.1) is 0 Å². The van der Waals surface area contributed by atoms with Crippen LogP contribution in [0.25, 0.3) is 0 Å². The van der Waals surface area contributed by atoms with Crippen molar-refractivity contribution in [2.24, 2.45) is 11.7 Å². The summed E-state index contributed by atoms with van der Waals surface area (Å²) in [6.07, 6.45) is 2.55. The third kappa shape index (κ3) is 2.21. The number of nitrogens with zero attached hydrogens (tertiary/aromatic N) is 3. The van der Waals surface area contributed by atoms with Crippen molar-refractivity contribution in [3.8, 4) is 0 Å². The van der Waals surface area contributed by atoms with Crippen molar-refractivity contribution in [2.75, 3.05) is 18.0 Å². The number of rotatable bonds is 3. The van der Waals surface area contributed by atoms with Crippen LogP contribution in [0.3, 0.4) is 0 Å². The van der Waals surface area contributed by atoms with Gasteiger partial charge in [0.15, 0.2) is 0 Å². The summed E-state index contributed by atoms with van der Waals surface area (Å²) in [5.74, 6) is 0.854. The molecular formula is C11H16N4O2. The Bertz CT molecular complexity index is 424. The molecule has 1 aromatic rings. The van der Waals surface area contributed by atoms with Gasteiger partial charge in [0.05, 0.1) is 4.92 Å². The molecule has 0 bridgehead atoms. The maximum atomic E-state index is 11.0. The number of nitrogens with two attached hydrogens (primary N) is 1. The van der Waals surface area contributed by atoms with Crippen molar-refractivity contribution >= 4 is 11.5 Å². The van der Waals surface area contributed by atoms with E-state index in [0.717, 1.165) is 13.0 Å². The van der Waals surface area contributed by atoms with Crippen LogP contribution in [0.1, 0.15) is 13.3 Å². The number of hydrogen-bond acceptors (Lipinski definition) is 5. The fraction of sp³-hybridized carbons (Fsp3) is 0.545. The van der Waals surface area contributed by atoms with Gasteiger partial charge in [0.25, 0.3) is 0 Å². The molecule has 0 aliphatic carbocycles. The molecule has 6 heteroatoms. The van der Waals surface area contributed by atoms with Crippen LogP contribution >= 0.6 is 0 Å². The molecule has 2 N–H and O–H groups in total. The minimum atomic E-state index is -0.384. The third-order valence-electron chi connectivity index (χ3n) is 3.23. The zero-order valence-electron chi connectivity index (χ0n) is 9.74. The van der Waals surface area contributed by atoms with Crippen LogP contribution in [-0.2, 0) is 0 Å². The van der Waals surface area contributed by atoms with Crippen molar-refractivity contribution < 1.29 is 4.92 Å². The molecule has 1 aromatic heterocycles. The van der Waals surface area contributed by atoms with Crippen LogP contribution in [0.2, 0.25) is 0 Å². The zero-order valence-corrected chi connectivity index (χ0v) is 9.74. The average Bonchev–Trinajstić information content (AvgIpc) is 2.70. The number of nitro groups is 1. The van der Waals surface area contributed by atoms with Crippen LogP contribution in [0.5, 0.6) is 0 Å². The molecule has 1 aliphatic rings.